The van der Waals surface area contributed by atoms with Gasteiger partial charge in [-0.15, -0.1) is 0 Å². The third-order valence-corrected chi connectivity index (χ3v) is 3.11. The maximum Gasteiger partial charge on any atom is 0.408 e. The fraction of sp³-hybridized carbons (Fsp3) is 0.529. The number of alkyl carbamates (subject to hydrolysis) is 1. The van der Waals surface area contributed by atoms with Crippen molar-refractivity contribution in [2.75, 3.05) is 7.11 Å². The number of ether oxygens (including phenoxy) is 2. The molecule has 0 saturated heterocycles. The number of rotatable bonds is 7. The van der Waals surface area contributed by atoms with Crippen LogP contribution in [0.25, 0.3) is 0 Å². The van der Waals surface area contributed by atoms with Gasteiger partial charge in [0.1, 0.15) is 17.4 Å². The normalized spacial score (nSPS) is 12.3. The second-order valence-corrected chi connectivity index (χ2v) is 6.28. The Balaban J connectivity index is 2.46. The van der Waals surface area contributed by atoms with Crippen molar-refractivity contribution in [3.8, 4) is 5.75 Å². The molecule has 1 amide bonds. The van der Waals surface area contributed by atoms with Gasteiger partial charge < -0.3 is 19.9 Å². The van der Waals surface area contributed by atoms with Gasteiger partial charge in [0.25, 0.3) is 0 Å². The van der Waals surface area contributed by atoms with E-state index in [0.717, 1.165) is 17.7 Å². The molecule has 6 nitrogen and oxygen atoms in total. The number of amides is 1. The minimum Gasteiger partial charge on any atom is -0.497 e. The van der Waals surface area contributed by atoms with Crippen molar-refractivity contribution >= 4 is 12.1 Å². The average Bonchev–Trinajstić information content (AvgIpc) is 2.44. The van der Waals surface area contributed by atoms with Crippen molar-refractivity contribution in [1.82, 2.24) is 5.32 Å². The molecule has 0 fully saturated rings. The summed E-state index contributed by atoms with van der Waals surface area (Å²) < 4.78 is 10.2. The number of aliphatic carboxylic acids is 1. The van der Waals surface area contributed by atoms with Crippen molar-refractivity contribution in [3.63, 3.8) is 0 Å². The molecule has 0 aliphatic carbocycles. The fourth-order valence-electron chi connectivity index (χ4n) is 2.01. The minimum atomic E-state index is -1.06. The average molecular weight is 323 g/mol. The maximum absolute atomic E-state index is 11.7. The minimum absolute atomic E-state index is 0.334. The zero-order chi connectivity index (χ0) is 17.5. The lowest BCUT2D eigenvalue weighted by Gasteiger charge is -2.22. The summed E-state index contributed by atoms with van der Waals surface area (Å²) in [5, 5.41) is 11.6. The van der Waals surface area contributed by atoms with Crippen LogP contribution in [0.1, 0.15) is 39.2 Å². The summed E-state index contributed by atoms with van der Waals surface area (Å²) in [6, 6.07) is 6.65. The number of hydrogen-bond acceptors (Lipinski definition) is 4. The van der Waals surface area contributed by atoms with E-state index in [1.807, 2.05) is 24.3 Å². The number of hydrogen-bond donors (Lipinski definition) is 2. The molecule has 1 rings (SSSR count). The Morgan fingerprint density at radius 2 is 1.83 bits per heavy atom. The van der Waals surface area contributed by atoms with E-state index >= 15 is 0 Å². The quantitative estimate of drug-likeness (QED) is 0.806. The molecule has 0 aliphatic heterocycles. The smallest absolute Gasteiger partial charge is 0.408 e. The SMILES string of the molecule is COc1ccc(CCC[C@H](NC(=O)OC(C)(C)C)C(=O)O)cc1. The summed E-state index contributed by atoms with van der Waals surface area (Å²) in [5.41, 5.74) is 0.433. The standard InChI is InChI=1S/C17H25NO5/c1-17(2,3)23-16(21)18-14(15(19)20)7-5-6-12-8-10-13(22-4)11-9-12/h8-11,14H,5-7H2,1-4H3,(H,18,21)(H,19,20)/t14-/m0/s1. The van der Waals surface area contributed by atoms with Crippen molar-refractivity contribution in [3.05, 3.63) is 29.8 Å². The fourth-order valence-corrected chi connectivity index (χ4v) is 2.01. The third-order valence-electron chi connectivity index (χ3n) is 3.11. The van der Waals surface area contributed by atoms with E-state index in [-0.39, 0.29) is 0 Å². The highest BCUT2D eigenvalue weighted by Crippen LogP contribution is 2.14. The van der Waals surface area contributed by atoms with E-state index in [4.69, 9.17) is 9.47 Å². The molecule has 0 unspecified atom stereocenters. The predicted molar refractivity (Wildman–Crippen MR) is 86.7 cm³/mol. The third kappa shape index (κ3) is 7.54. The van der Waals surface area contributed by atoms with Crippen LogP contribution in [0, 0.1) is 0 Å². The van der Waals surface area contributed by atoms with E-state index < -0.39 is 23.7 Å². The van der Waals surface area contributed by atoms with E-state index in [1.165, 1.54) is 0 Å². The summed E-state index contributed by atoms with van der Waals surface area (Å²) >= 11 is 0. The summed E-state index contributed by atoms with van der Waals surface area (Å²) in [6.07, 6.45) is 0.984. The lowest BCUT2D eigenvalue weighted by Crippen LogP contribution is -2.43. The van der Waals surface area contributed by atoms with Gasteiger partial charge in [-0.25, -0.2) is 9.59 Å². The van der Waals surface area contributed by atoms with Crippen LogP contribution < -0.4 is 10.1 Å². The highest BCUT2D eigenvalue weighted by atomic mass is 16.6. The van der Waals surface area contributed by atoms with E-state index in [0.29, 0.717) is 12.8 Å². The number of methoxy groups -OCH3 is 1. The van der Waals surface area contributed by atoms with Gasteiger partial charge in [0, 0.05) is 0 Å². The van der Waals surface area contributed by atoms with E-state index in [1.54, 1.807) is 27.9 Å². The van der Waals surface area contributed by atoms with Gasteiger partial charge in [-0.05, 0) is 57.7 Å². The van der Waals surface area contributed by atoms with E-state index in [2.05, 4.69) is 5.32 Å². The van der Waals surface area contributed by atoms with Crippen LogP contribution >= 0.6 is 0 Å². The van der Waals surface area contributed by atoms with Crippen LogP contribution in [0.4, 0.5) is 4.79 Å². The number of carboxylic acids is 1. The van der Waals surface area contributed by atoms with Gasteiger partial charge in [0.2, 0.25) is 0 Å². The Hall–Kier alpha value is -2.24. The molecule has 0 aromatic heterocycles. The van der Waals surface area contributed by atoms with Gasteiger partial charge in [0.05, 0.1) is 7.11 Å². The Morgan fingerprint density at radius 1 is 1.22 bits per heavy atom. The molecule has 23 heavy (non-hydrogen) atoms. The largest absolute Gasteiger partial charge is 0.497 e. The first kappa shape index (κ1) is 18.8. The van der Waals surface area contributed by atoms with Crippen molar-refractivity contribution in [2.45, 2.75) is 51.7 Å². The Morgan fingerprint density at radius 3 is 2.30 bits per heavy atom. The first-order valence-electron chi connectivity index (χ1n) is 7.56. The number of carbonyl (C=O) groups excluding carboxylic acids is 1. The second kappa shape index (κ2) is 8.41. The van der Waals surface area contributed by atoms with Crippen LogP contribution in [0.15, 0.2) is 24.3 Å². The van der Waals surface area contributed by atoms with Crippen LogP contribution in [0.2, 0.25) is 0 Å². The molecule has 1 aromatic carbocycles. The number of benzene rings is 1. The predicted octanol–water partition coefficient (Wildman–Crippen LogP) is 3.00. The first-order valence-corrected chi connectivity index (χ1v) is 7.56. The zero-order valence-electron chi connectivity index (χ0n) is 14.1. The lowest BCUT2D eigenvalue weighted by atomic mass is 10.0. The molecule has 0 spiro atoms. The van der Waals surface area contributed by atoms with Gasteiger partial charge in [-0.3, -0.25) is 0 Å². The highest BCUT2D eigenvalue weighted by Gasteiger charge is 2.23. The van der Waals surface area contributed by atoms with E-state index in [9.17, 15) is 14.7 Å². The molecular formula is C17H25NO5. The Labute approximate surface area is 136 Å². The lowest BCUT2D eigenvalue weighted by molar-refractivity contribution is -0.139. The Kier molecular flexibility index (Phi) is 6.88. The summed E-state index contributed by atoms with van der Waals surface area (Å²) in [5.74, 6) is -0.283. The molecule has 1 aromatic rings. The van der Waals surface area contributed by atoms with Crippen molar-refractivity contribution in [1.29, 1.82) is 0 Å². The molecule has 0 bridgehead atoms. The summed E-state index contributed by atoms with van der Waals surface area (Å²) in [6.45, 7) is 5.18. The second-order valence-electron chi connectivity index (χ2n) is 6.28. The van der Waals surface area contributed by atoms with Crippen LogP contribution in [-0.2, 0) is 16.0 Å². The number of aryl methyl sites for hydroxylation is 1. The zero-order valence-corrected chi connectivity index (χ0v) is 14.1. The molecule has 0 radical (unpaired) electrons. The molecule has 2 N–H and O–H groups in total. The molecule has 0 saturated carbocycles. The van der Waals surface area contributed by atoms with Gasteiger partial charge in [0.15, 0.2) is 0 Å². The van der Waals surface area contributed by atoms with Crippen LogP contribution in [0.3, 0.4) is 0 Å². The molecule has 0 aliphatic rings. The molecular weight excluding hydrogens is 298 g/mol. The molecule has 1 atom stereocenters. The summed E-state index contributed by atoms with van der Waals surface area (Å²) in [4.78, 5) is 22.9. The maximum atomic E-state index is 11.7. The summed E-state index contributed by atoms with van der Waals surface area (Å²) in [7, 11) is 1.61. The highest BCUT2D eigenvalue weighted by molar-refractivity contribution is 5.79. The van der Waals surface area contributed by atoms with Gasteiger partial charge in [-0.1, -0.05) is 12.1 Å². The van der Waals surface area contributed by atoms with Crippen LogP contribution in [0.5, 0.6) is 5.75 Å². The number of carbonyl (C=O) groups is 2. The van der Waals surface area contributed by atoms with Crippen LogP contribution in [-0.4, -0.2) is 35.9 Å². The molecule has 6 heteroatoms. The topological polar surface area (TPSA) is 84.9 Å². The first-order chi connectivity index (χ1) is 10.7. The van der Waals surface area contributed by atoms with Crippen molar-refractivity contribution < 1.29 is 24.2 Å². The Bertz CT molecular complexity index is 519. The van der Waals surface area contributed by atoms with Crippen molar-refractivity contribution in [2.24, 2.45) is 0 Å². The monoisotopic (exact) mass is 323 g/mol. The molecule has 128 valence electrons. The molecule has 0 heterocycles. The van der Waals surface area contributed by atoms with Gasteiger partial charge >= 0.3 is 12.1 Å². The number of nitrogens with one attached hydrogen (secondary N) is 1. The number of carboxylic acid groups (broad SMARTS) is 1. The van der Waals surface area contributed by atoms with Gasteiger partial charge in [-0.2, -0.15) is 0 Å².